The van der Waals surface area contributed by atoms with Crippen molar-refractivity contribution in [1.29, 1.82) is 5.26 Å². The quantitative estimate of drug-likeness (QED) is 0.745. The first-order valence-corrected chi connectivity index (χ1v) is 8.73. The highest BCUT2D eigenvalue weighted by atomic mass is 32.2. The Labute approximate surface area is 116 Å². The van der Waals surface area contributed by atoms with Crippen LogP contribution in [0.4, 0.5) is 0 Å². The monoisotopic (exact) mass is 285 g/mol. The summed E-state index contributed by atoms with van der Waals surface area (Å²) in [6.07, 6.45) is 4.05. The molecule has 2 rings (SSSR count). The van der Waals surface area contributed by atoms with Gasteiger partial charge in [0.15, 0.2) is 9.84 Å². The van der Waals surface area contributed by atoms with Crippen molar-refractivity contribution in [2.24, 2.45) is 5.41 Å². The van der Waals surface area contributed by atoms with E-state index >= 15 is 0 Å². The Bertz CT molecular complexity index is 483. The van der Waals surface area contributed by atoms with Crippen molar-refractivity contribution in [3.63, 3.8) is 0 Å². The number of piperidine rings is 1. The van der Waals surface area contributed by atoms with Crippen molar-refractivity contribution in [2.45, 2.75) is 30.6 Å². The van der Waals surface area contributed by atoms with E-state index in [4.69, 9.17) is 0 Å². The summed E-state index contributed by atoms with van der Waals surface area (Å²) >= 11 is 0. The maximum Gasteiger partial charge on any atom is 0.151 e. The Hall–Kier alpha value is -0.640. The number of likely N-dealkylation sites (tertiary alicyclic amines) is 1. The van der Waals surface area contributed by atoms with Gasteiger partial charge in [-0.25, -0.2) is 8.42 Å². The lowest BCUT2D eigenvalue weighted by molar-refractivity contribution is 0.122. The molecule has 0 N–H and O–H groups in total. The molecule has 1 aliphatic heterocycles. The molecule has 1 aliphatic carbocycles. The first-order valence-electron chi connectivity index (χ1n) is 6.77. The van der Waals surface area contributed by atoms with Crippen LogP contribution in [0.25, 0.3) is 0 Å². The lowest BCUT2D eigenvalue weighted by atomic mass is 10.0. The second-order valence-electron chi connectivity index (χ2n) is 6.29. The third kappa shape index (κ3) is 3.10. The minimum absolute atomic E-state index is 0.454. The number of nitriles is 1. The number of rotatable bonds is 4. The standard InChI is InChI=1S/C13H23N3O2S/c1-15(2)11-5-4-6-16(8-11)10-13(9-14)7-12(13)19(3,17)18/h11-12H,4-8,10H2,1-3H3. The van der Waals surface area contributed by atoms with E-state index in [1.54, 1.807) is 0 Å². The zero-order valence-electron chi connectivity index (χ0n) is 12.0. The van der Waals surface area contributed by atoms with Gasteiger partial charge in [-0.05, 0) is 39.9 Å². The van der Waals surface area contributed by atoms with Crippen molar-refractivity contribution in [1.82, 2.24) is 9.80 Å². The van der Waals surface area contributed by atoms with Crippen LogP contribution in [-0.4, -0.2) is 69.5 Å². The molecule has 3 unspecified atom stereocenters. The van der Waals surface area contributed by atoms with Gasteiger partial charge >= 0.3 is 0 Å². The van der Waals surface area contributed by atoms with Gasteiger partial charge in [0.05, 0.1) is 16.7 Å². The molecule has 6 heteroatoms. The molecular formula is C13H23N3O2S. The van der Waals surface area contributed by atoms with Crippen LogP contribution in [0.1, 0.15) is 19.3 Å². The second kappa shape index (κ2) is 5.04. The number of nitrogens with zero attached hydrogens (tertiary/aromatic N) is 3. The fourth-order valence-electron chi connectivity index (χ4n) is 3.15. The Morgan fingerprint density at radius 3 is 2.63 bits per heavy atom. The van der Waals surface area contributed by atoms with Gasteiger partial charge in [-0.15, -0.1) is 0 Å². The largest absolute Gasteiger partial charge is 0.305 e. The molecular weight excluding hydrogens is 262 g/mol. The Kier molecular flexibility index (Phi) is 3.92. The third-order valence-corrected chi connectivity index (χ3v) is 6.11. The highest BCUT2D eigenvalue weighted by molar-refractivity contribution is 7.91. The van der Waals surface area contributed by atoms with Gasteiger partial charge in [0.25, 0.3) is 0 Å². The van der Waals surface area contributed by atoms with Gasteiger partial charge in [-0.2, -0.15) is 5.26 Å². The van der Waals surface area contributed by atoms with Crippen molar-refractivity contribution < 1.29 is 8.42 Å². The summed E-state index contributed by atoms with van der Waals surface area (Å²) in [5.74, 6) is 0. The van der Waals surface area contributed by atoms with Crippen LogP contribution in [0.15, 0.2) is 0 Å². The Balaban J connectivity index is 2.00. The normalized spacial score (nSPS) is 36.2. The highest BCUT2D eigenvalue weighted by Crippen LogP contribution is 2.50. The first-order chi connectivity index (χ1) is 8.78. The van der Waals surface area contributed by atoms with Crippen molar-refractivity contribution in [3.05, 3.63) is 0 Å². The molecule has 0 amide bonds. The van der Waals surface area contributed by atoms with Gasteiger partial charge in [0.1, 0.15) is 0 Å². The van der Waals surface area contributed by atoms with Gasteiger partial charge in [0.2, 0.25) is 0 Å². The number of hydrogen-bond acceptors (Lipinski definition) is 5. The number of hydrogen-bond donors (Lipinski definition) is 0. The average molecular weight is 285 g/mol. The summed E-state index contributed by atoms with van der Waals surface area (Å²) in [6, 6.07) is 2.78. The van der Waals surface area contributed by atoms with E-state index in [0.717, 1.165) is 19.5 Å². The summed E-state index contributed by atoms with van der Waals surface area (Å²) in [5, 5.41) is 8.89. The van der Waals surface area contributed by atoms with E-state index in [1.807, 2.05) is 0 Å². The van der Waals surface area contributed by atoms with E-state index < -0.39 is 20.5 Å². The van der Waals surface area contributed by atoms with Crippen LogP contribution in [0.2, 0.25) is 0 Å². The van der Waals surface area contributed by atoms with Gasteiger partial charge in [-0.3, -0.25) is 0 Å². The van der Waals surface area contributed by atoms with Crippen LogP contribution in [-0.2, 0) is 9.84 Å². The molecule has 0 aromatic carbocycles. The van der Waals surface area contributed by atoms with Crippen LogP contribution in [0, 0.1) is 16.7 Å². The smallest absolute Gasteiger partial charge is 0.151 e. The molecule has 0 aromatic rings. The molecule has 0 radical (unpaired) electrons. The molecule has 5 nitrogen and oxygen atoms in total. The summed E-state index contributed by atoms with van der Waals surface area (Å²) in [4.78, 5) is 4.48. The molecule has 2 aliphatic rings. The van der Waals surface area contributed by atoms with Crippen molar-refractivity contribution >= 4 is 9.84 Å². The zero-order valence-corrected chi connectivity index (χ0v) is 12.8. The van der Waals surface area contributed by atoms with E-state index in [2.05, 4.69) is 30.0 Å². The maximum absolute atomic E-state index is 11.6. The van der Waals surface area contributed by atoms with Gasteiger partial charge < -0.3 is 9.80 Å². The van der Waals surface area contributed by atoms with Crippen LogP contribution >= 0.6 is 0 Å². The first kappa shape index (κ1) is 14.8. The zero-order chi connectivity index (χ0) is 14.3. The minimum atomic E-state index is -3.09. The molecule has 1 saturated heterocycles. The highest BCUT2D eigenvalue weighted by Gasteiger charge is 2.61. The average Bonchev–Trinajstić information content (AvgIpc) is 3.04. The number of likely N-dealkylation sites (N-methyl/N-ethyl adjacent to an activating group) is 1. The molecule has 2 fully saturated rings. The van der Waals surface area contributed by atoms with Crippen LogP contribution in [0.3, 0.4) is 0 Å². The van der Waals surface area contributed by atoms with Crippen LogP contribution < -0.4 is 0 Å². The molecule has 0 aromatic heterocycles. The predicted octanol–water partition coefficient (Wildman–Crippen LogP) is 0.339. The van der Waals surface area contributed by atoms with Gasteiger partial charge in [-0.1, -0.05) is 0 Å². The predicted molar refractivity (Wildman–Crippen MR) is 74.4 cm³/mol. The summed E-state index contributed by atoms with van der Waals surface area (Å²) < 4.78 is 23.2. The summed E-state index contributed by atoms with van der Waals surface area (Å²) in [5.41, 5.74) is -0.651. The minimum Gasteiger partial charge on any atom is -0.305 e. The maximum atomic E-state index is 11.6. The SMILES string of the molecule is CN(C)C1CCCN(CC2(C#N)CC2S(C)(=O)=O)C1. The molecule has 19 heavy (non-hydrogen) atoms. The summed E-state index contributed by atoms with van der Waals surface area (Å²) in [7, 11) is 1.06. The lowest BCUT2D eigenvalue weighted by Crippen LogP contribution is -2.47. The Morgan fingerprint density at radius 1 is 1.47 bits per heavy atom. The lowest BCUT2D eigenvalue weighted by Gasteiger charge is -2.37. The molecule has 0 bridgehead atoms. The second-order valence-corrected chi connectivity index (χ2v) is 8.51. The van der Waals surface area contributed by atoms with E-state index in [0.29, 0.717) is 19.0 Å². The molecule has 0 spiro atoms. The van der Waals surface area contributed by atoms with Gasteiger partial charge in [0, 0.05) is 25.4 Å². The molecule has 3 atom stereocenters. The molecule has 1 saturated carbocycles. The van der Waals surface area contributed by atoms with Crippen LogP contribution in [0.5, 0.6) is 0 Å². The molecule has 1 heterocycles. The molecule has 108 valence electrons. The fraction of sp³-hybridized carbons (Fsp3) is 0.923. The van der Waals surface area contributed by atoms with E-state index in [9.17, 15) is 13.7 Å². The van der Waals surface area contributed by atoms with E-state index in [-0.39, 0.29) is 0 Å². The van der Waals surface area contributed by atoms with Crippen molar-refractivity contribution in [3.8, 4) is 6.07 Å². The third-order valence-electron chi connectivity index (χ3n) is 4.46. The number of sulfone groups is 1. The van der Waals surface area contributed by atoms with Crippen molar-refractivity contribution in [2.75, 3.05) is 40.0 Å². The van der Waals surface area contributed by atoms with E-state index in [1.165, 1.54) is 12.7 Å². The summed E-state index contributed by atoms with van der Waals surface area (Å²) in [6.45, 7) is 2.52. The Morgan fingerprint density at radius 2 is 2.16 bits per heavy atom. The fourth-order valence-corrected chi connectivity index (χ4v) is 4.69. The topological polar surface area (TPSA) is 64.4 Å².